The van der Waals surface area contributed by atoms with Gasteiger partial charge in [-0.3, -0.25) is 9.98 Å². The van der Waals surface area contributed by atoms with Crippen molar-refractivity contribution in [2.24, 2.45) is 9.98 Å². The molecule has 0 aliphatic carbocycles. The summed E-state index contributed by atoms with van der Waals surface area (Å²) in [7, 11) is 3.28. The van der Waals surface area contributed by atoms with Gasteiger partial charge in [-0.15, -0.1) is 0 Å². The summed E-state index contributed by atoms with van der Waals surface area (Å²) in [5.41, 5.74) is 3.76. The van der Waals surface area contributed by atoms with Gasteiger partial charge in [-0.05, 0) is 72.8 Å². The molecule has 2 heterocycles. The number of hydrogen-bond acceptors (Lipinski definition) is 6. The fourth-order valence-electron chi connectivity index (χ4n) is 2.79. The van der Waals surface area contributed by atoms with Gasteiger partial charge in [0.2, 0.25) is 0 Å². The van der Waals surface area contributed by atoms with E-state index in [0.29, 0.717) is 5.65 Å². The summed E-state index contributed by atoms with van der Waals surface area (Å²) in [6, 6.07) is 22.9. The number of pyridine rings is 2. The normalized spacial score (nSPS) is 11.4. The van der Waals surface area contributed by atoms with Gasteiger partial charge in [-0.25, -0.2) is 9.97 Å². The van der Waals surface area contributed by atoms with E-state index < -0.39 is 0 Å². The zero-order chi connectivity index (χ0) is 20.8. The van der Waals surface area contributed by atoms with E-state index >= 15 is 0 Å². The van der Waals surface area contributed by atoms with Gasteiger partial charge in [-0.1, -0.05) is 0 Å². The van der Waals surface area contributed by atoms with Crippen LogP contribution in [0.5, 0.6) is 11.5 Å². The number of ether oxygens (including phenoxy) is 2. The third-order valence-electron chi connectivity index (χ3n) is 4.43. The van der Waals surface area contributed by atoms with Crippen LogP contribution in [0.1, 0.15) is 11.4 Å². The number of nitrogens with zero attached hydrogens (tertiary/aromatic N) is 4. The number of benzene rings is 2. The van der Waals surface area contributed by atoms with Crippen molar-refractivity contribution in [3.63, 3.8) is 0 Å². The highest BCUT2D eigenvalue weighted by Gasteiger charge is 2.01. The third-order valence-corrected chi connectivity index (χ3v) is 4.43. The van der Waals surface area contributed by atoms with Crippen LogP contribution in [0.25, 0.3) is 11.0 Å². The standard InChI is InChI=1S/C24H20N4O2/c1-29-22-11-7-18(8-12-22)25-15-20-5-3-17-4-6-21(28-24(17)27-20)16-26-19-9-13-23(30-2)14-10-19/h3-16H,1-2H3. The predicted molar refractivity (Wildman–Crippen MR) is 120 cm³/mol. The molecule has 2 aromatic carbocycles. The van der Waals surface area contributed by atoms with Crippen LogP contribution >= 0.6 is 0 Å². The summed E-state index contributed by atoms with van der Waals surface area (Å²) in [5.74, 6) is 1.59. The second kappa shape index (κ2) is 8.96. The zero-order valence-corrected chi connectivity index (χ0v) is 16.7. The maximum atomic E-state index is 5.16. The molecule has 4 aromatic rings. The van der Waals surface area contributed by atoms with E-state index in [1.807, 2.05) is 72.8 Å². The van der Waals surface area contributed by atoms with Crippen molar-refractivity contribution >= 4 is 34.8 Å². The van der Waals surface area contributed by atoms with Crippen molar-refractivity contribution < 1.29 is 9.47 Å². The summed E-state index contributed by atoms with van der Waals surface area (Å²) in [4.78, 5) is 18.1. The van der Waals surface area contributed by atoms with Crippen LogP contribution in [0.3, 0.4) is 0 Å². The molecule has 0 atom stereocenters. The molecule has 6 heteroatoms. The second-order valence-electron chi connectivity index (χ2n) is 6.43. The summed E-state index contributed by atoms with van der Waals surface area (Å²) in [6.07, 6.45) is 3.45. The number of methoxy groups -OCH3 is 2. The van der Waals surface area contributed by atoms with Gasteiger partial charge in [0.1, 0.15) is 11.5 Å². The Labute approximate surface area is 174 Å². The highest BCUT2D eigenvalue weighted by Crippen LogP contribution is 2.19. The molecule has 0 aliphatic rings. The molecule has 6 nitrogen and oxygen atoms in total. The van der Waals surface area contributed by atoms with E-state index in [9.17, 15) is 0 Å². The number of aromatic nitrogens is 2. The minimum atomic E-state index is 0.646. The predicted octanol–water partition coefficient (Wildman–Crippen LogP) is 5.15. The molecule has 0 radical (unpaired) electrons. The van der Waals surface area contributed by atoms with Crippen molar-refractivity contribution in [3.8, 4) is 11.5 Å². The minimum Gasteiger partial charge on any atom is -0.497 e. The van der Waals surface area contributed by atoms with Gasteiger partial charge in [0, 0.05) is 5.39 Å². The molecular weight excluding hydrogens is 376 g/mol. The van der Waals surface area contributed by atoms with Gasteiger partial charge in [0.15, 0.2) is 5.65 Å². The number of rotatable bonds is 6. The monoisotopic (exact) mass is 396 g/mol. The molecule has 148 valence electrons. The third kappa shape index (κ3) is 4.67. The minimum absolute atomic E-state index is 0.646. The SMILES string of the molecule is COc1ccc(N=Cc2ccc3ccc(C=Nc4ccc(OC)cc4)nc3n2)cc1. The lowest BCUT2D eigenvalue weighted by Crippen LogP contribution is -1.94. The Kier molecular flexibility index (Phi) is 5.75. The Bertz CT molecular complexity index is 1110. The van der Waals surface area contributed by atoms with Gasteiger partial charge in [0.25, 0.3) is 0 Å². The Hall–Kier alpha value is -4.06. The second-order valence-corrected chi connectivity index (χ2v) is 6.43. The smallest absolute Gasteiger partial charge is 0.160 e. The Morgan fingerprint density at radius 3 is 1.43 bits per heavy atom. The lowest BCUT2D eigenvalue weighted by atomic mass is 10.2. The van der Waals surface area contributed by atoms with Crippen molar-refractivity contribution in [1.82, 2.24) is 9.97 Å². The molecule has 30 heavy (non-hydrogen) atoms. The first-order valence-electron chi connectivity index (χ1n) is 9.37. The summed E-state index contributed by atoms with van der Waals surface area (Å²) < 4.78 is 10.3. The molecule has 0 saturated carbocycles. The quantitative estimate of drug-likeness (QED) is 0.423. The summed E-state index contributed by atoms with van der Waals surface area (Å²) in [5, 5.41) is 0.957. The van der Waals surface area contributed by atoms with E-state index in [0.717, 1.165) is 39.6 Å². The Morgan fingerprint density at radius 2 is 1.03 bits per heavy atom. The molecule has 0 N–H and O–H groups in total. The molecule has 2 aromatic heterocycles. The van der Waals surface area contributed by atoms with E-state index in [-0.39, 0.29) is 0 Å². The fraction of sp³-hybridized carbons (Fsp3) is 0.0833. The zero-order valence-electron chi connectivity index (χ0n) is 16.7. The molecule has 0 saturated heterocycles. The van der Waals surface area contributed by atoms with Crippen LogP contribution in [-0.4, -0.2) is 36.6 Å². The summed E-state index contributed by atoms with van der Waals surface area (Å²) >= 11 is 0. The van der Waals surface area contributed by atoms with Crippen LogP contribution < -0.4 is 9.47 Å². The van der Waals surface area contributed by atoms with Gasteiger partial charge >= 0.3 is 0 Å². The van der Waals surface area contributed by atoms with Crippen molar-refractivity contribution in [1.29, 1.82) is 0 Å². The topological polar surface area (TPSA) is 69.0 Å². The van der Waals surface area contributed by atoms with Gasteiger partial charge < -0.3 is 9.47 Å². The number of hydrogen-bond donors (Lipinski definition) is 0. The molecule has 0 aliphatic heterocycles. The molecule has 0 bridgehead atoms. The van der Waals surface area contributed by atoms with Crippen LogP contribution in [0, 0.1) is 0 Å². The first-order chi connectivity index (χ1) is 14.7. The largest absolute Gasteiger partial charge is 0.497 e. The highest BCUT2D eigenvalue weighted by molar-refractivity contribution is 5.87. The lowest BCUT2D eigenvalue weighted by molar-refractivity contribution is 0.415. The Morgan fingerprint density at radius 1 is 0.600 bits per heavy atom. The first kappa shape index (κ1) is 19.3. The fourth-order valence-corrected chi connectivity index (χ4v) is 2.79. The molecule has 0 amide bonds. The van der Waals surface area contributed by atoms with Crippen LogP contribution in [0.2, 0.25) is 0 Å². The van der Waals surface area contributed by atoms with Gasteiger partial charge in [0.05, 0.1) is 49.4 Å². The van der Waals surface area contributed by atoms with Crippen molar-refractivity contribution in [3.05, 3.63) is 84.2 Å². The average molecular weight is 396 g/mol. The Balaban J connectivity index is 1.54. The summed E-state index contributed by atoms with van der Waals surface area (Å²) in [6.45, 7) is 0. The van der Waals surface area contributed by atoms with E-state index in [1.54, 1.807) is 26.6 Å². The first-order valence-corrected chi connectivity index (χ1v) is 9.37. The molecule has 0 fully saturated rings. The van der Waals surface area contributed by atoms with Crippen molar-refractivity contribution in [2.75, 3.05) is 14.2 Å². The molecule has 0 spiro atoms. The maximum absolute atomic E-state index is 5.16. The van der Waals surface area contributed by atoms with Crippen LogP contribution in [-0.2, 0) is 0 Å². The average Bonchev–Trinajstić information content (AvgIpc) is 2.81. The van der Waals surface area contributed by atoms with E-state index in [4.69, 9.17) is 9.47 Å². The van der Waals surface area contributed by atoms with E-state index in [1.165, 1.54) is 0 Å². The van der Waals surface area contributed by atoms with Crippen LogP contribution in [0.4, 0.5) is 11.4 Å². The van der Waals surface area contributed by atoms with Crippen molar-refractivity contribution in [2.45, 2.75) is 0 Å². The van der Waals surface area contributed by atoms with Crippen LogP contribution in [0.15, 0.2) is 82.8 Å². The number of aliphatic imine (C=N–C) groups is 2. The lowest BCUT2D eigenvalue weighted by Gasteiger charge is -2.01. The highest BCUT2D eigenvalue weighted by atomic mass is 16.5. The van der Waals surface area contributed by atoms with E-state index in [2.05, 4.69) is 20.0 Å². The molecular formula is C24H20N4O2. The van der Waals surface area contributed by atoms with Gasteiger partial charge in [-0.2, -0.15) is 0 Å². The maximum Gasteiger partial charge on any atom is 0.160 e. The molecule has 0 unspecified atom stereocenters. The molecule has 4 rings (SSSR count). The number of fused-ring (bicyclic) bond motifs is 1.